The number of rotatable bonds is 2. The molecule has 0 aliphatic heterocycles. The zero-order chi connectivity index (χ0) is 9.03. The summed E-state index contributed by atoms with van der Waals surface area (Å²) in [7, 11) is 0. The van der Waals surface area contributed by atoms with Crippen molar-refractivity contribution in [3.05, 3.63) is 12.4 Å². The summed E-state index contributed by atoms with van der Waals surface area (Å²) in [5.74, 6) is 0. The van der Waals surface area contributed by atoms with Crippen molar-refractivity contribution >= 4 is 0 Å². The van der Waals surface area contributed by atoms with Crippen LogP contribution in [-0.2, 0) is 6.54 Å². The van der Waals surface area contributed by atoms with Gasteiger partial charge in [0.2, 0.25) is 0 Å². The standard InChI is InChI=1S/C7H11N3.C2H6/c1-7(2-3-7)6-10-8-4-5-9-10;1-2/h4-5H,2-3,6H2,1H3;1-2H3. The average Bonchev–Trinajstić information content (AvgIpc) is 2.63. The number of hydrogen-bond acceptors (Lipinski definition) is 2. The van der Waals surface area contributed by atoms with Crippen LogP contribution in [0.1, 0.15) is 33.6 Å². The van der Waals surface area contributed by atoms with Gasteiger partial charge in [-0.3, -0.25) is 0 Å². The van der Waals surface area contributed by atoms with E-state index in [4.69, 9.17) is 0 Å². The third-order valence-electron chi connectivity index (χ3n) is 2.09. The second-order valence-corrected chi connectivity index (χ2v) is 3.37. The van der Waals surface area contributed by atoms with Crippen LogP contribution in [0, 0.1) is 5.41 Å². The third kappa shape index (κ3) is 2.32. The molecule has 1 aromatic rings. The predicted molar refractivity (Wildman–Crippen MR) is 48.7 cm³/mol. The Morgan fingerprint density at radius 3 is 2.17 bits per heavy atom. The minimum Gasteiger partial charge on any atom is -0.184 e. The lowest BCUT2D eigenvalue weighted by molar-refractivity contribution is 0.395. The largest absolute Gasteiger partial charge is 0.184 e. The fraction of sp³-hybridized carbons (Fsp3) is 0.778. The zero-order valence-corrected chi connectivity index (χ0v) is 8.12. The molecule has 0 bridgehead atoms. The van der Waals surface area contributed by atoms with Gasteiger partial charge in [-0.05, 0) is 18.3 Å². The van der Waals surface area contributed by atoms with Crippen molar-refractivity contribution in [3.63, 3.8) is 0 Å². The van der Waals surface area contributed by atoms with Gasteiger partial charge in [0.1, 0.15) is 0 Å². The molecular formula is C9H17N3. The van der Waals surface area contributed by atoms with E-state index in [2.05, 4.69) is 17.1 Å². The molecule has 0 atom stereocenters. The predicted octanol–water partition coefficient (Wildman–Crippen LogP) is 2.10. The highest BCUT2D eigenvalue weighted by molar-refractivity contribution is 4.87. The molecule has 1 aliphatic carbocycles. The summed E-state index contributed by atoms with van der Waals surface area (Å²) in [5.41, 5.74) is 0.513. The maximum absolute atomic E-state index is 4.05. The summed E-state index contributed by atoms with van der Waals surface area (Å²) in [4.78, 5) is 1.77. The molecule has 3 heteroatoms. The minimum absolute atomic E-state index is 0.513. The molecule has 0 N–H and O–H groups in total. The first kappa shape index (κ1) is 9.23. The Balaban J connectivity index is 0.000000336. The van der Waals surface area contributed by atoms with E-state index in [0.717, 1.165) is 6.54 Å². The summed E-state index contributed by atoms with van der Waals surface area (Å²) in [6.07, 6.45) is 6.11. The van der Waals surface area contributed by atoms with Gasteiger partial charge in [0.15, 0.2) is 0 Å². The SMILES string of the molecule is CC.CC1(Cn2nccn2)CC1. The average molecular weight is 167 g/mol. The highest BCUT2D eigenvalue weighted by atomic mass is 15.5. The van der Waals surface area contributed by atoms with Crippen LogP contribution < -0.4 is 0 Å². The summed E-state index contributed by atoms with van der Waals surface area (Å²) in [5, 5.41) is 8.09. The van der Waals surface area contributed by atoms with Crippen LogP contribution in [0.3, 0.4) is 0 Å². The molecule has 0 spiro atoms. The Kier molecular flexibility index (Phi) is 2.84. The van der Waals surface area contributed by atoms with Gasteiger partial charge < -0.3 is 0 Å². The first-order valence-electron chi connectivity index (χ1n) is 4.63. The van der Waals surface area contributed by atoms with Gasteiger partial charge in [-0.2, -0.15) is 15.0 Å². The van der Waals surface area contributed by atoms with E-state index < -0.39 is 0 Å². The van der Waals surface area contributed by atoms with Crippen LogP contribution in [0.25, 0.3) is 0 Å². The zero-order valence-electron chi connectivity index (χ0n) is 8.12. The first-order valence-corrected chi connectivity index (χ1v) is 4.63. The normalized spacial score (nSPS) is 17.9. The van der Waals surface area contributed by atoms with Crippen molar-refractivity contribution in [3.8, 4) is 0 Å². The number of aromatic nitrogens is 3. The maximum atomic E-state index is 4.05. The van der Waals surface area contributed by atoms with E-state index in [0.29, 0.717) is 5.41 Å². The molecule has 1 saturated carbocycles. The molecule has 0 aromatic carbocycles. The van der Waals surface area contributed by atoms with Crippen LogP contribution in [0.5, 0.6) is 0 Å². The smallest absolute Gasteiger partial charge is 0.0693 e. The number of nitrogens with zero attached hydrogens (tertiary/aromatic N) is 3. The van der Waals surface area contributed by atoms with E-state index in [1.165, 1.54) is 12.8 Å². The van der Waals surface area contributed by atoms with Crippen LogP contribution in [-0.4, -0.2) is 15.0 Å². The Bertz CT molecular complexity index is 212. The lowest BCUT2D eigenvalue weighted by Gasteiger charge is -2.04. The molecule has 3 nitrogen and oxygen atoms in total. The molecule has 0 radical (unpaired) electrons. The van der Waals surface area contributed by atoms with Gasteiger partial charge in [-0.25, -0.2) is 0 Å². The molecule has 1 aliphatic rings. The molecule has 2 rings (SSSR count). The minimum atomic E-state index is 0.513. The molecular weight excluding hydrogens is 150 g/mol. The summed E-state index contributed by atoms with van der Waals surface area (Å²) < 4.78 is 0. The van der Waals surface area contributed by atoms with Gasteiger partial charge >= 0.3 is 0 Å². The van der Waals surface area contributed by atoms with Crippen LogP contribution in [0.15, 0.2) is 12.4 Å². The summed E-state index contributed by atoms with van der Waals surface area (Å²) in [6.45, 7) is 7.26. The fourth-order valence-corrected chi connectivity index (χ4v) is 1.04. The van der Waals surface area contributed by atoms with E-state index in [1.54, 1.807) is 17.2 Å². The van der Waals surface area contributed by atoms with Crippen LogP contribution in [0.4, 0.5) is 0 Å². The van der Waals surface area contributed by atoms with Gasteiger partial charge in [0, 0.05) is 0 Å². The molecule has 1 aromatic heterocycles. The van der Waals surface area contributed by atoms with Crippen LogP contribution >= 0.6 is 0 Å². The van der Waals surface area contributed by atoms with Crippen molar-refractivity contribution in [1.82, 2.24) is 15.0 Å². The highest BCUT2D eigenvalue weighted by Crippen LogP contribution is 2.45. The topological polar surface area (TPSA) is 30.7 Å². The molecule has 68 valence electrons. The first-order chi connectivity index (χ1) is 5.79. The second-order valence-electron chi connectivity index (χ2n) is 3.37. The van der Waals surface area contributed by atoms with Crippen LogP contribution in [0.2, 0.25) is 0 Å². The second kappa shape index (κ2) is 3.70. The number of hydrogen-bond donors (Lipinski definition) is 0. The van der Waals surface area contributed by atoms with Crippen molar-refractivity contribution in [1.29, 1.82) is 0 Å². The molecule has 1 fully saturated rings. The summed E-state index contributed by atoms with van der Waals surface area (Å²) >= 11 is 0. The highest BCUT2D eigenvalue weighted by Gasteiger charge is 2.37. The fourth-order valence-electron chi connectivity index (χ4n) is 1.04. The van der Waals surface area contributed by atoms with Crippen molar-refractivity contribution in [2.24, 2.45) is 5.41 Å². The van der Waals surface area contributed by atoms with E-state index in [9.17, 15) is 0 Å². The van der Waals surface area contributed by atoms with Gasteiger partial charge in [0.05, 0.1) is 18.9 Å². The van der Waals surface area contributed by atoms with E-state index in [1.807, 2.05) is 13.8 Å². The Morgan fingerprint density at radius 1 is 1.25 bits per heavy atom. The quantitative estimate of drug-likeness (QED) is 0.675. The van der Waals surface area contributed by atoms with Crippen molar-refractivity contribution < 1.29 is 0 Å². The van der Waals surface area contributed by atoms with E-state index in [-0.39, 0.29) is 0 Å². The van der Waals surface area contributed by atoms with Gasteiger partial charge in [-0.1, -0.05) is 20.8 Å². The molecule has 1 heterocycles. The monoisotopic (exact) mass is 167 g/mol. The molecule has 0 amide bonds. The lowest BCUT2D eigenvalue weighted by Crippen LogP contribution is -2.10. The summed E-state index contributed by atoms with van der Waals surface area (Å²) in [6, 6.07) is 0. The maximum Gasteiger partial charge on any atom is 0.0693 e. The molecule has 0 unspecified atom stereocenters. The van der Waals surface area contributed by atoms with Gasteiger partial charge in [0.25, 0.3) is 0 Å². The Hall–Kier alpha value is -0.860. The lowest BCUT2D eigenvalue weighted by atomic mass is 10.1. The van der Waals surface area contributed by atoms with E-state index >= 15 is 0 Å². The van der Waals surface area contributed by atoms with Gasteiger partial charge in [-0.15, -0.1) is 0 Å². The third-order valence-corrected chi connectivity index (χ3v) is 2.09. The van der Waals surface area contributed by atoms with Crippen molar-refractivity contribution in [2.75, 3.05) is 0 Å². The van der Waals surface area contributed by atoms with Crippen molar-refractivity contribution in [2.45, 2.75) is 40.2 Å². The molecule has 0 saturated heterocycles. The Morgan fingerprint density at radius 2 is 1.75 bits per heavy atom. The molecule has 12 heavy (non-hydrogen) atoms. The Labute approximate surface area is 73.8 Å².